The minimum Gasteiger partial charge on any atom is -0.338 e. The second kappa shape index (κ2) is 7.29. The van der Waals surface area contributed by atoms with Crippen LogP contribution in [0.4, 0.5) is 0 Å². The van der Waals surface area contributed by atoms with Crippen molar-refractivity contribution in [2.75, 3.05) is 39.3 Å². The molecule has 1 atom stereocenters. The van der Waals surface area contributed by atoms with E-state index in [1.165, 1.54) is 9.21 Å². The van der Waals surface area contributed by atoms with Crippen LogP contribution in [0.5, 0.6) is 0 Å². The number of hydrogen-bond donors (Lipinski definition) is 1. The number of carbonyl (C=O) groups excluding carboxylic acids is 1. The lowest BCUT2D eigenvalue weighted by atomic mass is 10.2. The maximum Gasteiger partial charge on any atom is 0.280 e. The molecule has 1 aromatic heterocycles. The van der Waals surface area contributed by atoms with Crippen molar-refractivity contribution in [2.45, 2.75) is 30.0 Å². The molecule has 9 heteroatoms. The molecule has 1 aromatic rings. The predicted octanol–water partition coefficient (Wildman–Crippen LogP) is 0.302. The van der Waals surface area contributed by atoms with Crippen LogP contribution in [0.25, 0.3) is 0 Å². The smallest absolute Gasteiger partial charge is 0.280 e. The average molecular weight is 393 g/mol. The minimum absolute atomic E-state index is 0.107. The molecular formula is C15H23ClN3O3S2+. The van der Waals surface area contributed by atoms with Gasteiger partial charge in [-0.15, -0.1) is 11.3 Å². The van der Waals surface area contributed by atoms with E-state index in [0.717, 1.165) is 37.3 Å². The van der Waals surface area contributed by atoms with E-state index in [1.807, 2.05) is 11.8 Å². The van der Waals surface area contributed by atoms with Gasteiger partial charge in [-0.25, -0.2) is 8.42 Å². The van der Waals surface area contributed by atoms with Crippen molar-refractivity contribution in [3.63, 3.8) is 0 Å². The fourth-order valence-electron chi connectivity index (χ4n) is 3.40. The Morgan fingerprint density at radius 1 is 1.21 bits per heavy atom. The molecule has 0 aromatic carbocycles. The molecule has 6 nitrogen and oxygen atoms in total. The first kappa shape index (κ1) is 18.1. The number of halogens is 1. The van der Waals surface area contributed by atoms with E-state index >= 15 is 0 Å². The summed E-state index contributed by atoms with van der Waals surface area (Å²) in [5.74, 6) is 0.198. The van der Waals surface area contributed by atoms with Gasteiger partial charge in [0.25, 0.3) is 15.9 Å². The summed E-state index contributed by atoms with van der Waals surface area (Å²) in [6.07, 6.45) is 2.17. The van der Waals surface area contributed by atoms with Crippen LogP contribution in [-0.2, 0) is 14.8 Å². The zero-order valence-electron chi connectivity index (χ0n) is 13.7. The average Bonchev–Trinajstić information content (AvgIpc) is 3.25. The topological polar surface area (TPSA) is 62.1 Å². The monoisotopic (exact) mass is 392 g/mol. The highest BCUT2D eigenvalue weighted by Crippen LogP contribution is 2.28. The second-order valence-electron chi connectivity index (χ2n) is 6.37. The number of nitrogens with one attached hydrogen (secondary N) is 1. The van der Waals surface area contributed by atoms with Crippen LogP contribution < -0.4 is 4.90 Å². The third-order valence-corrected chi connectivity index (χ3v) is 8.51. The van der Waals surface area contributed by atoms with Gasteiger partial charge in [0.15, 0.2) is 6.04 Å². The number of likely N-dealkylation sites (tertiary alicyclic amines) is 1. The van der Waals surface area contributed by atoms with Crippen LogP contribution in [-0.4, -0.2) is 68.8 Å². The molecule has 0 aliphatic carbocycles. The molecule has 0 radical (unpaired) electrons. The lowest BCUT2D eigenvalue weighted by molar-refractivity contribution is -0.918. The van der Waals surface area contributed by atoms with E-state index in [4.69, 9.17) is 11.6 Å². The Labute approximate surface area is 152 Å². The highest BCUT2D eigenvalue weighted by molar-refractivity contribution is 7.91. The largest absolute Gasteiger partial charge is 0.338 e. The lowest BCUT2D eigenvalue weighted by Crippen LogP contribution is -3.19. The third-order valence-electron chi connectivity index (χ3n) is 4.91. The highest BCUT2D eigenvalue weighted by atomic mass is 35.5. The van der Waals surface area contributed by atoms with Crippen LogP contribution in [0.3, 0.4) is 0 Å². The molecule has 0 bridgehead atoms. The van der Waals surface area contributed by atoms with Gasteiger partial charge in [0.2, 0.25) is 0 Å². The molecule has 3 rings (SSSR count). The summed E-state index contributed by atoms with van der Waals surface area (Å²) in [7, 11) is -3.47. The fraction of sp³-hybridized carbons (Fsp3) is 0.667. The van der Waals surface area contributed by atoms with Gasteiger partial charge in [-0.05, 0) is 31.9 Å². The van der Waals surface area contributed by atoms with Gasteiger partial charge in [0.1, 0.15) is 4.21 Å². The van der Waals surface area contributed by atoms with Crippen LogP contribution >= 0.6 is 22.9 Å². The molecule has 1 N–H and O–H groups in total. The predicted molar refractivity (Wildman–Crippen MR) is 94.1 cm³/mol. The van der Waals surface area contributed by atoms with E-state index in [0.29, 0.717) is 30.5 Å². The first-order chi connectivity index (χ1) is 11.4. The molecule has 2 saturated heterocycles. The quantitative estimate of drug-likeness (QED) is 0.801. The minimum atomic E-state index is -3.47. The summed E-state index contributed by atoms with van der Waals surface area (Å²) in [5, 5.41) is 0. The zero-order valence-corrected chi connectivity index (χ0v) is 16.1. The van der Waals surface area contributed by atoms with Crippen molar-refractivity contribution in [1.29, 1.82) is 0 Å². The Morgan fingerprint density at radius 2 is 1.83 bits per heavy atom. The molecule has 3 heterocycles. The van der Waals surface area contributed by atoms with Crippen molar-refractivity contribution in [2.24, 2.45) is 0 Å². The number of nitrogens with zero attached hydrogens (tertiary/aromatic N) is 2. The maximum absolute atomic E-state index is 12.6. The summed E-state index contributed by atoms with van der Waals surface area (Å²) < 4.78 is 27.5. The zero-order chi connectivity index (χ0) is 17.3. The highest BCUT2D eigenvalue weighted by Gasteiger charge is 2.36. The van der Waals surface area contributed by atoms with Crippen molar-refractivity contribution < 1.29 is 18.1 Å². The van der Waals surface area contributed by atoms with Gasteiger partial charge in [-0.1, -0.05) is 11.6 Å². The van der Waals surface area contributed by atoms with Crippen molar-refractivity contribution in [1.82, 2.24) is 9.21 Å². The number of quaternary nitrogens is 1. The van der Waals surface area contributed by atoms with Crippen LogP contribution in [0.15, 0.2) is 16.3 Å². The maximum atomic E-state index is 12.6. The second-order valence-corrected chi connectivity index (χ2v) is 10.3. The molecule has 1 amide bonds. The van der Waals surface area contributed by atoms with Gasteiger partial charge in [0.05, 0.1) is 30.5 Å². The fourth-order valence-corrected chi connectivity index (χ4v) is 6.47. The standard InChI is InChI=1S/C15H22ClN3O3S2/c1-12(15(20)18-6-2-3-7-18)17-8-10-19(11-9-17)24(21,22)14-5-4-13(16)23-14/h4-5,12H,2-3,6-11H2,1H3/p+1/t12-/m0/s1. The Kier molecular flexibility index (Phi) is 5.51. The number of rotatable bonds is 4. The van der Waals surface area contributed by atoms with Gasteiger partial charge >= 0.3 is 0 Å². The SMILES string of the molecule is C[C@@H](C(=O)N1CCCC1)[NH+]1CCN(S(=O)(=O)c2ccc(Cl)s2)CC1. The van der Waals surface area contributed by atoms with Gasteiger partial charge in [0, 0.05) is 13.1 Å². The van der Waals surface area contributed by atoms with E-state index < -0.39 is 10.0 Å². The summed E-state index contributed by atoms with van der Waals surface area (Å²) in [6, 6.07) is 3.06. The molecule has 0 spiro atoms. The Hall–Kier alpha value is -0.670. The van der Waals surface area contributed by atoms with Crippen molar-refractivity contribution in [3.8, 4) is 0 Å². The van der Waals surface area contributed by atoms with E-state index in [9.17, 15) is 13.2 Å². The summed E-state index contributed by atoms with van der Waals surface area (Å²) in [4.78, 5) is 15.6. The number of sulfonamides is 1. The molecular weight excluding hydrogens is 370 g/mol. The van der Waals surface area contributed by atoms with Gasteiger partial charge in [-0.3, -0.25) is 4.79 Å². The molecule has 2 fully saturated rings. The van der Waals surface area contributed by atoms with Crippen molar-refractivity contribution >= 4 is 38.9 Å². The first-order valence-electron chi connectivity index (χ1n) is 8.28. The van der Waals surface area contributed by atoms with Crippen molar-refractivity contribution in [3.05, 3.63) is 16.5 Å². The van der Waals surface area contributed by atoms with Crippen LogP contribution in [0.2, 0.25) is 4.34 Å². The summed E-state index contributed by atoms with van der Waals surface area (Å²) in [5.41, 5.74) is 0. The van der Waals surface area contributed by atoms with Gasteiger partial charge in [-0.2, -0.15) is 4.31 Å². The molecule has 2 aliphatic heterocycles. The third kappa shape index (κ3) is 3.62. The molecule has 2 aliphatic rings. The Morgan fingerprint density at radius 3 is 2.38 bits per heavy atom. The number of hydrogen-bond acceptors (Lipinski definition) is 4. The Balaban J connectivity index is 1.60. The van der Waals surface area contributed by atoms with E-state index in [-0.39, 0.29) is 16.2 Å². The van der Waals surface area contributed by atoms with Crippen LogP contribution in [0, 0.1) is 0 Å². The van der Waals surface area contributed by atoms with E-state index in [1.54, 1.807) is 12.1 Å². The molecule has 24 heavy (non-hydrogen) atoms. The number of amides is 1. The van der Waals surface area contributed by atoms with Gasteiger partial charge < -0.3 is 9.80 Å². The number of carbonyl (C=O) groups is 1. The van der Waals surface area contributed by atoms with Crippen LogP contribution in [0.1, 0.15) is 19.8 Å². The molecule has 0 saturated carbocycles. The lowest BCUT2D eigenvalue weighted by Gasteiger charge is -2.35. The summed E-state index contributed by atoms with van der Waals surface area (Å²) >= 11 is 6.94. The number of piperazine rings is 1. The number of thiophene rings is 1. The molecule has 0 unspecified atom stereocenters. The molecule has 134 valence electrons. The van der Waals surface area contributed by atoms with E-state index in [2.05, 4.69) is 0 Å². The first-order valence-corrected chi connectivity index (χ1v) is 10.9. The summed E-state index contributed by atoms with van der Waals surface area (Å²) in [6.45, 7) is 5.85. The Bertz CT molecular complexity index is 693. The normalized spacial score (nSPS) is 22.0.